The molecule has 0 radical (unpaired) electrons. The highest BCUT2D eigenvalue weighted by Crippen LogP contribution is 2.17. The zero-order valence-electron chi connectivity index (χ0n) is 14.8. The fourth-order valence-corrected chi connectivity index (χ4v) is 3.17. The van der Waals surface area contributed by atoms with Gasteiger partial charge in [-0.1, -0.05) is 6.07 Å². The fourth-order valence-electron chi connectivity index (χ4n) is 2.10. The highest BCUT2D eigenvalue weighted by molar-refractivity contribution is 7.89. The van der Waals surface area contributed by atoms with E-state index in [4.69, 9.17) is 4.74 Å². The van der Waals surface area contributed by atoms with E-state index in [0.717, 1.165) is 5.82 Å². The molecule has 0 spiro atoms. The zero-order valence-corrected chi connectivity index (χ0v) is 15.6. The monoisotopic (exact) mass is 365 g/mol. The molecule has 0 saturated carbocycles. The molecule has 2 N–H and O–H groups in total. The number of ether oxygens (including phenoxy) is 1. The summed E-state index contributed by atoms with van der Waals surface area (Å²) in [6.45, 7) is 2.43. The molecule has 0 amide bonds. The van der Waals surface area contributed by atoms with Gasteiger partial charge >= 0.3 is 0 Å². The molecule has 0 bridgehead atoms. The Morgan fingerprint density at radius 3 is 2.60 bits per heavy atom. The van der Waals surface area contributed by atoms with Crippen molar-refractivity contribution in [2.45, 2.75) is 11.8 Å². The van der Waals surface area contributed by atoms with E-state index in [0.29, 0.717) is 23.9 Å². The lowest BCUT2D eigenvalue weighted by atomic mass is 10.3. The Hall–Kier alpha value is -2.39. The minimum atomic E-state index is -3.59. The van der Waals surface area contributed by atoms with Gasteiger partial charge in [0.15, 0.2) is 0 Å². The van der Waals surface area contributed by atoms with E-state index in [1.807, 2.05) is 32.0 Å². The van der Waals surface area contributed by atoms with E-state index in [-0.39, 0.29) is 11.4 Å². The predicted molar refractivity (Wildman–Crippen MR) is 97.8 cm³/mol. The van der Waals surface area contributed by atoms with Crippen LogP contribution in [0.25, 0.3) is 0 Å². The molecule has 1 aromatic heterocycles. The first-order valence-corrected chi connectivity index (χ1v) is 9.21. The number of benzene rings is 1. The average molecular weight is 365 g/mol. The van der Waals surface area contributed by atoms with Crippen molar-refractivity contribution in [2.24, 2.45) is 0 Å². The highest BCUT2D eigenvalue weighted by Gasteiger charge is 2.14. The van der Waals surface area contributed by atoms with E-state index >= 15 is 0 Å². The van der Waals surface area contributed by atoms with E-state index in [1.54, 1.807) is 12.1 Å². The molecular weight excluding hydrogens is 342 g/mol. The molecule has 2 rings (SSSR count). The number of hydrogen-bond acceptors (Lipinski definition) is 7. The molecule has 0 fully saturated rings. The number of nitrogens with zero attached hydrogens (tertiary/aromatic N) is 3. The quantitative estimate of drug-likeness (QED) is 0.680. The average Bonchev–Trinajstić information content (AvgIpc) is 2.58. The molecule has 0 saturated heterocycles. The summed E-state index contributed by atoms with van der Waals surface area (Å²) in [4.78, 5) is 10.6. The molecule has 9 heteroatoms. The van der Waals surface area contributed by atoms with Crippen molar-refractivity contribution in [3.63, 3.8) is 0 Å². The minimum Gasteiger partial charge on any atom is -0.497 e. The van der Waals surface area contributed by atoms with Gasteiger partial charge in [0.25, 0.3) is 0 Å². The molecule has 2 aromatic rings. The maximum atomic E-state index is 12.3. The number of aromatic nitrogens is 2. The molecule has 1 aromatic carbocycles. The van der Waals surface area contributed by atoms with Gasteiger partial charge < -0.3 is 15.0 Å². The Morgan fingerprint density at radius 1 is 1.16 bits per heavy atom. The van der Waals surface area contributed by atoms with Gasteiger partial charge in [0, 0.05) is 39.3 Å². The van der Waals surface area contributed by atoms with E-state index in [9.17, 15) is 8.42 Å². The molecule has 0 unspecified atom stereocenters. The highest BCUT2D eigenvalue weighted by atomic mass is 32.2. The first kappa shape index (κ1) is 18.9. The Labute approximate surface area is 148 Å². The molecule has 0 aliphatic carbocycles. The van der Waals surface area contributed by atoms with Gasteiger partial charge in [-0.15, -0.1) is 0 Å². The first-order chi connectivity index (χ1) is 11.8. The molecule has 136 valence electrons. The number of methoxy groups -OCH3 is 1. The zero-order chi connectivity index (χ0) is 18.4. The van der Waals surface area contributed by atoms with Gasteiger partial charge in [-0.3, -0.25) is 0 Å². The molecule has 25 heavy (non-hydrogen) atoms. The van der Waals surface area contributed by atoms with E-state index < -0.39 is 10.0 Å². The van der Waals surface area contributed by atoms with Gasteiger partial charge in [0.05, 0.1) is 12.0 Å². The van der Waals surface area contributed by atoms with Gasteiger partial charge in [-0.05, 0) is 19.1 Å². The van der Waals surface area contributed by atoms with E-state index in [2.05, 4.69) is 20.0 Å². The normalized spacial score (nSPS) is 11.2. The fraction of sp³-hybridized carbons (Fsp3) is 0.375. The van der Waals surface area contributed by atoms with E-state index in [1.165, 1.54) is 19.2 Å². The summed E-state index contributed by atoms with van der Waals surface area (Å²) in [7, 11) is 1.70. The van der Waals surface area contributed by atoms with Crippen LogP contribution in [0.1, 0.15) is 5.82 Å². The van der Waals surface area contributed by atoms with Crippen molar-refractivity contribution < 1.29 is 13.2 Å². The maximum Gasteiger partial charge on any atom is 0.240 e. The van der Waals surface area contributed by atoms with Crippen molar-refractivity contribution >= 4 is 21.7 Å². The number of anilines is 2. The number of rotatable bonds is 8. The first-order valence-electron chi connectivity index (χ1n) is 7.72. The maximum absolute atomic E-state index is 12.3. The summed E-state index contributed by atoms with van der Waals surface area (Å²) in [5, 5.41) is 3.10. The van der Waals surface area contributed by atoms with Gasteiger partial charge in [-0.25, -0.2) is 23.1 Å². The van der Waals surface area contributed by atoms with Crippen molar-refractivity contribution in [2.75, 3.05) is 44.5 Å². The molecule has 0 atom stereocenters. The standard InChI is InChI=1S/C16H23N5O3S/c1-12-19-15(11-16(20-12)21(2)3)17-8-9-18-25(22,23)14-7-5-6-13(10-14)24-4/h5-7,10-11,18H,8-9H2,1-4H3,(H,17,19,20). The third-order valence-electron chi connectivity index (χ3n) is 3.36. The predicted octanol–water partition coefficient (Wildman–Crippen LogP) is 1.25. The van der Waals surface area contributed by atoms with Crippen LogP contribution in [-0.2, 0) is 10.0 Å². The molecule has 0 aliphatic rings. The van der Waals surface area contributed by atoms with Crippen LogP contribution in [0.5, 0.6) is 5.75 Å². The lowest BCUT2D eigenvalue weighted by molar-refractivity contribution is 0.413. The topological polar surface area (TPSA) is 96.5 Å². The second kappa shape index (κ2) is 8.13. The summed E-state index contributed by atoms with van der Waals surface area (Å²) in [5.41, 5.74) is 0. The number of aryl methyl sites for hydroxylation is 1. The number of nitrogens with one attached hydrogen (secondary N) is 2. The second-order valence-electron chi connectivity index (χ2n) is 5.56. The van der Waals surface area contributed by atoms with Gasteiger partial charge in [0.1, 0.15) is 23.2 Å². The van der Waals surface area contributed by atoms with Gasteiger partial charge in [0.2, 0.25) is 10.0 Å². The summed E-state index contributed by atoms with van der Waals surface area (Å²) >= 11 is 0. The van der Waals surface area contributed by atoms with Crippen molar-refractivity contribution in [1.29, 1.82) is 0 Å². The molecule has 0 aliphatic heterocycles. The summed E-state index contributed by atoms with van der Waals surface area (Å²) in [5.74, 6) is 2.57. The number of sulfonamides is 1. The van der Waals surface area contributed by atoms with Crippen LogP contribution in [0.2, 0.25) is 0 Å². The summed E-state index contributed by atoms with van der Waals surface area (Å²) in [6, 6.07) is 8.14. The third kappa shape index (κ3) is 5.30. The van der Waals surface area contributed by atoms with Crippen LogP contribution in [0, 0.1) is 6.92 Å². The Kier molecular flexibility index (Phi) is 6.16. The largest absolute Gasteiger partial charge is 0.497 e. The number of hydrogen-bond donors (Lipinski definition) is 2. The van der Waals surface area contributed by atoms with Crippen LogP contribution < -0.4 is 19.7 Å². The van der Waals surface area contributed by atoms with Crippen LogP contribution in [-0.4, -0.2) is 52.7 Å². The molecule has 8 nitrogen and oxygen atoms in total. The summed E-state index contributed by atoms with van der Waals surface area (Å²) in [6.07, 6.45) is 0. The minimum absolute atomic E-state index is 0.166. The van der Waals surface area contributed by atoms with Crippen LogP contribution in [0.3, 0.4) is 0 Å². The van der Waals surface area contributed by atoms with Crippen molar-refractivity contribution in [3.05, 3.63) is 36.2 Å². The van der Waals surface area contributed by atoms with Crippen LogP contribution in [0.15, 0.2) is 35.2 Å². The van der Waals surface area contributed by atoms with Crippen LogP contribution >= 0.6 is 0 Å². The smallest absolute Gasteiger partial charge is 0.240 e. The molecular formula is C16H23N5O3S. The Bertz CT molecular complexity index is 824. The SMILES string of the molecule is COc1cccc(S(=O)(=O)NCCNc2cc(N(C)C)nc(C)n2)c1. The van der Waals surface area contributed by atoms with Crippen molar-refractivity contribution in [1.82, 2.24) is 14.7 Å². The van der Waals surface area contributed by atoms with Crippen LogP contribution in [0.4, 0.5) is 11.6 Å². The third-order valence-corrected chi connectivity index (χ3v) is 4.82. The molecule has 1 heterocycles. The second-order valence-corrected chi connectivity index (χ2v) is 7.32. The Morgan fingerprint density at radius 2 is 1.92 bits per heavy atom. The van der Waals surface area contributed by atoms with Gasteiger partial charge in [-0.2, -0.15) is 0 Å². The van der Waals surface area contributed by atoms with Crippen molar-refractivity contribution in [3.8, 4) is 5.75 Å². The summed E-state index contributed by atoms with van der Waals surface area (Å²) < 4.78 is 32.2. The lowest BCUT2D eigenvalue weighted by Crippen LogP contribution is -2.29. The lowest BCUT2D eigenvalue weighted by Gasteiger charge is -2.14. The Balaban J connectivity index is 1.94.